The smallest absolute Gasteiger partial charge is 0.353 e. The van der Waals surface area contributed by atoms with Gasteiger partial charge in [0.25, 0.3) is 0 Å². The van der Waals surface area contributed by atoms with Gasteiger partial charge in [-0.25, -0.2) is 9.97 Å². The highest BCUT2D eigenvalue weighted by Gasteiger charge is 2.30. The fourth-order valence-corrected chi connectivity index (χ4v) is 3.32. The number of piperidine rings is 1. The predicted octanol–water partition coefficient (Wildman–Crippen LogP) is 2.67. The summed E-state index contributed by atoms with van der Waals surface area (Å²) in [7, 11) is 5.49. The van der Waals surface area contributed by atoms with Crippen molar-refractivity contribution >= 4 is 23.0 Å². The van der Waals surface area contributed by atoms with Crippen LogP contribution in [0, 0.1) is 10.1 Å². The fourth-order valence-electron chi connectivity index (χ4n) is 3.32. The second-order valence-corrected chi connectivity index (χ2v) is 6.62. The van der Waals surface area contributed by atoms with Crippen LogP contribution in [-0.4, -0.2) is 60.1 Å². The van der Waals surface area contributed by atoms with Crippen molar-refractivity contribution < 1.29 is 9.66 Å². The molecule has 1 saturated heterocycles. The van der Waals surface area contributed by atoms with Gasteiger partial charge < -0.3 is 19.9 Å². The second kappa shape index (κ2) is 8.17. The van der Waals surface area contributed by atoms with Crippen LogP contribution in [0.3, 0.4) is 0 Å². The molecular formula is C18H24N6O3. The highest BCUT2D eigenvalue weighted by Crippen LogP contribution is 2.36. The van der Waals surface area contributed by atoms with E-state index < -0.39 is 4.92 Å². The average Bonchev–Trinajstić information content (AvgIpc) is 2.68. The van der Waals surface area contributed by atoms with E-state index in [4.69, 9.17) is 4.74 Å². The molecule has 0 radical (unpaired) electrons. The Kier molecular flexibility index (Phi) is 5.70. The number of likely N-dealkylation sites (tertiary alicyclic amines) is 1. The molecule has 0 spiro atoms. The van der Waals surface area contributed by atoms with Gasteiger partial charge in [0.15, 0.2) is 0 Å². The van der Waals surface area contributed by atoms with E-state index in [9.17, 15) is 10.1 Å². The van der Waals surface area contributed by atoms with Gasteiger partial charge in [-0.2, -0.15) is 0 Å². The lowest BCUT2D eigenvalue weighted by Crippen LogP contribution is -2.42. The maximum Gasteiger partial charge on any atom is 0.353 e. The highest BCUT2D eigenvalue weighted by molar-refractivity contribution is 5.76. The van der Waals surface area contributed by atoms with Crippen LogP contribution in [0.25, 0.3) is 0 Å². The van der Waals surface area contributed by atoms with E-state index >= 15 is 0 Å². The molecule has 144 valence electrons. The van der Waals surface area contributed by atoms with E-state index in [0.29, 0.717) is 17.3 Å². The van der Waals surface area contributed by atoms with Gasteiger partial charge in [-0.3, -0.25) is 10.1 Å². The van der Waals surface area contributed by atoms with Crippen LogP contribution in [0.15, 0.2) is 30.6 Å². The molecule has 1 fully saturated rings. The summed E-state index contributed by atoms with van der Waals surface area (Å²) in [6.45, 7) is 1.92. The third-order valence-electron chi connectivity index (χ3n) is 4.92. The van der Waals surface area contributed by atoms with Gasteiger partial charge in [-0.05, 0) is 45.1 Å². The SMILES string of the molecule is COc1ccccc1Nc1ncnc(N(C)C2CCN(C)CC2)c1[N+](=O)[O-]. The summed E-state index contributed by atoms with van der Waals surface area (Å²) in [5.74, 6) is 1.05. The van der Waals surface area contributed by atoms with Crippen molar-refractivity contribution in [3.63, 3.8) is 0 Å². The molecule has 9 nitrogen and oxygen atoms in total. The number of methoxy groups -OCH3 is 1. The van der Waals surface area contributed by atoms with Crippen molar-refractivity contribution in [2.24, 2.45) is 0 Å². The number of aromatic nitrogens is 2. The number of nitrogens with zero attached hydrogens (tertiary/aromatic N) is 5. The molecule has 1 aromatic carbocycles. The zero-order chi connectivity index (χ0) is 19.4. The third kappa shape index (κ3) is 4.08. The molecular weight excluding hydrogens is 348 g/mol. The van der Waals surface area contributed by atoms with Crippen LogP contribution >= 0.6 is 0 Å². The predicted molar refractivity (Wildman–Crippen MR) is 104 cm³/mol. The Morgan fingerprint density at radius 2 is 2.00 bits per heavy atom. The molecule has 2 aromatic rings. The van der Waals surface area contributed by atoms with E-state index in [1.807, 2.05) is 24.1 Å². The Balaban J connectivity index is 1.94. The lowest BCUT2D eigenvalue weighted by atomic mass is 10.0. The molecule has 2 heterocycles. The first-order chi connectivity index (χ1) is 13.0. The summed E-state index contributed by atoms with van der Waals surface area (Å²) in [5.41, 5.74) is 0.472. The number of hydrogen-bond acceptors (Lipinski definition) is 8. The molecule has 27 heavy (non-hydrogen) atoms. The minimum atomic E-state index is -0.432. The van der Waals surface area contributed by atoms with Gasteiger partial charge in [-0.1, -0.05) is 12.1 Å². The maximum atomic E-state index is 11.8. The van der Waals surface area contributed by atoms with Crippen LogP contribution in [0.4, 0.5) is 23.0 Å². The Bertz CT molecular complexity index is 807. The monoisotopic (exact) mass is 372 g/mol. The zero-order valence-corrected chi connectivity index (χ0v) is 15.8. The van der Waals surface area contributed by atoms with Crippen molar-refractivity contribution in [2.45, 2.75) is 18.9 Å². The van der Waals surface area contributed by atoms with Gasteiger partial charge >= 0.3 is 5.69 Å². The number of para-hydroxylation sites is 2. The summed E-state index contributed by atoms with van der Waals surface area (Å²) in [6, 6.07) is 7.42. The molecule has 0 saturated carbocycles. The Labute approximate surface area is 158 Å². The number of anilines is 3. The largest absolute Gasteiger partial charge is 0.495 e. The number of ether oxygens (including phenoxy) is 1. The zero-order valence-electron chi connectivity index (χ0n) is 15.8. The Morgan fingerprint density at radius 3 is 2.67 bits per heavy atom. The maximum absolute atomic E-state index is 11.8. The van der Waals surface area contributed by atoms with Crippen molar-refractivity contribution in [1.29, 1.82) is 0 Å². The van der Waals surface area contributed by atoms with E-state index in [2.05, 4.69) is 27.2 Å². The van der Waals surface area contributed by atoms with E-state index in [0.717, 1.165) is 25.9 Å². The quantitative estimate of drug-likeness (QED) is 0.611. The first-order valence-corrected chi connectivity index (χ1v) is 8.82. The Morgan fingerprint density at radius 1 is 1.30 bits per heavy atom. The normalized spacial score (nSPS) is 15.4. The molecule has 9 heteroatoms. The van der Waals surface area contributed by atoms with Crippen LogP contribution in [0.5, 0.6) is 5.75 Å². The first kappa shape index (κ1) is 18.8. The number of nitrogens with one attached hydrogen (secondary N) is 1. The molecule has 0 unspecified atom stereocenters. The van der Waals surface area contributed by atoms with Crippen LogP contribution in [0.1, 0.15) is 12.8 Å². The molecule has 1 aliphatic heterocycles. The van der Waals surface area contributed by atoms with E-state index in [1.54, 1.807) is 19.2 Å². The van der Waals surface area contributed by atoms with Crippen LogP contribution in [-0.2, 0) is 0 Å². The molecule has 1 N–H and O–H groups in total. The van der Waals surface area contributed by atoms with Gasteiger partial charge in [0, 0.05) is 13.1 Å². The molecule has 1 aliphatic rings. The minimum Gasteiger partial charge on any atom is -0.495 e. The topological polar surface area (TPSA) is 96.7 Å². The number of hydrogen-bond donors (Lipinski definition) is 1. The van der Waals surface area contributed by atoms with E-state index in [1.165, 1.54) is 6.33 Å². The standard InChI is InChI=1S/C18H24N6O3/c1-22-10-8-13(9-11-22)23(2)18-16(24(25)26)17(19-12-20-18)21-14-6-4-5-7-15(14)27-3/h4-7,12-13H,8-11H2,1-3H3,(H,19,20,21). The third-order valence-corrected chi connectivity index (χ3v) is 4.92. The van der Waals surface area contributed by atoms with Gasteiger partial charge in [0.1, 0.15) is 12.1 Å². The molecule has 3 rings (SSSR count). The van der Waals surface area contributed by atoms with Crippen LogP contribution < -0.4 is 15.0 Å². The highest BCUT2D eigenvalue weighted by atomic mass is 16.6. The van der Waals surface area contributed by atoms with E-state index in [-0.39, 0.29) is 17.5 Å². The average molecular weight is 372 g/mol. The molecule has 1 aromatic heterocycles. The van der Waals surface area contributed by atoms with Crippen LogP contribution in [0.2, 0.25) is 0 Å². The summed E-state index contributed by atoms with van der Waals surface area (Å²) in [6.07, 6.45) is 3.22. The molecule has 0 bridgehead atoms. The van der Waals surface area contributed by atoms with Crippen molar-refractivity contribution in [2.75, 3.05) is 44.5 Å². The summed E-state index contributed by atoms with van der Waals surface area (Å²) in [4.78, 5) is 23.9. The molecule has 0 amide bonds. The van der Waals surface area contributed by atoms with Gasteiger partial charge in [0.05, 0.1) is 17.7 Å². The minimum absolute atomic E-state index is 0.134. The summed E-state index contributed by atoms with van der Waals surface area (Å²) >= 11 is 0. The number of rotatable bonds is 6. The summed E-state index contributed by atoms with van der Waals surface area (Å²) in [5, 5.41) is 14.9. The fraction of sp³-hybridized carbons (Fsp3) is 0.444. The van der Waals surface area contributed by atoms with Crippen molar-refractivity contribution in [3.8, 4) is 5.75 Å². The number of benzene rings is 1. The lowest BCUT2D eigenvalue weighted by molar-refractivity contribution is -0.383. The molecule has 0 aliphatic carbocycles. The Hall–Kier alpha value is -2.94. The lowest BCUT2D eigenvalue weighted by Gasteiger charge is -2.35. The van der Waals surface area contributed by atoms with Gasteiger partial charge in [0.2, 0.25) is 11.6 Å². The first-order valence-electron chi connectivity index (χ1n) is 8.82. The second-order valence-electron chi connectivity index (χ2n) is 6.62. The summed E-state index contributed by atoms with van der Waals surface area (Å²) < 4.78 is 5.31. The number of nitro groups is 1. The van der Waals surface area contributed by atoms with Crippen molar-refractivity contribution in [3.05, 3.63) is 40.7 Å². The van der Waals surface area contributed by atoms with Crippen molar-refractivity contribution in [1.82, 2.24) is 14.9 Å². The molecule has 0 atom stereocenters. The van der Waals surface area contributed by atoms with Gasteiger partial charge in [-0.15, -0.1) is 0 Å².